The zero-order valence-electron chi connectivity index (χ0n) is 10.3. The van der Waals surface area contributed by atoms with Crippen LogP contribution in [-0.4, -0.2) is 34.2 Å². The molecule has 0 aliphatic heterocycles. The quantitative estimate of drug-likeness (QED) is 0.784. The molecule has 1 N–H and O–H groups in total. The Morgan fingerprint density at radius 3 is 2.47 bits per heavy atom. The van der Waals surface area contributed by atoms with Crippen LogP contribution in [0.15, 0.2) is 22.7 Å². The standard InChI is InChI=1S/C12H18BrNO3/c1-15-11-5-9(4-10(13)6-11)7-14-8-12(16-2)17-3/h4-6,12,14H,7-8H2,1-3H3. The Hall–Kier alpha value is -0.620. The van der Waals surface area contributed by atoms with Gasteiger partial charge in [-0.15, -0.1) is 0 Å². The Labute approximate surface area is 110 Å². The van der Waals surface area contributed by atoms with Crippen molar-refractivity contribution in [1.82, 2.24) is 5.32 Å². The Balaban J connectivity index is 2.48. The average molecular weight is 304 g/mol. The van der Waals surface area contributed by atoms with E-state index in [1.165, 1.54) is 0 Å². The number of ether oxygens (including phenoxy) is 3. The summed E-state index contributed by atoms with van der Waals surface area (Å²) in [6.45, 7) is 1.38. The molecule has 0 spiro atoms. The fourth-order valence-corrected chi connectivity index (χ4v) is 1.96. The molecule has 0 saturated heterocycles. The Morgan fingerprint density at radius 1 is 1.18 bits per heavy atom. The number of hydrogen-bond acceptors (Lipinski definition) is 4. The van der Waals surface area contributed by atoms with E-state index < -0.39 is 0 Å². The van der Waals surface area contributed by atoms with Crippen LogP contribution in [-0.2, 0) is 16.0 Å². The van der Waals surface area contributed by atoms with E-state index >= 15 is 0 Å². The molecule has 0 atom stereocenters. The molecule has 0 amide bonds. The maximum Gasteiger partial charge on any atom is 0.169 e. The number of nitrogens with one attached hydrogen (secondary N) is 1. The van der Waals surface area contributed by atoms with Gasteiger partial charge in [0.2, 0.25) is 0 Å². The molecular weight excluding hydrogens is 286 g/mol. The molecule has 0 bridgehead atoms. The second kappa shape index (κ2) is 7.66. The lowest BCUT2D eigenvalue weighted by Gasteiger charge is -2.14. The Kier molecular flexibility index (Phi) is 6.50. The largest absolute Gasteiger partial charge is 0.497 e. The van der Waals surface area contributed by atoms with E-state index in [9.17, 15) is 0 Å². The summed E-state index contributed by atoms with van der Waals surface area (Å²) in [5.74, 6) is 0.839. The molecule has 1 aromatic carbocycles. The number of methoxy groups -OCH3 is 3. The van der Waals surface area contributed by atoms with Crippen molar-refractivity contribution in [3.63, 3.8) is 0 Å². The predicted octanol–water partition coefficient (Wildman–Crippen LogP) is 2.17. The van der Waals surface area contributed by atoms with Crippen LogP contribution in [0, 0.1) is 0 Å². The molecule has 1 rings (SSSR count). The fourth-order valence-electron chi connectivity index (χ4n) is 1.44. The van der Waals surface area contributed by atoms with Gasteiger partial charge in [-0.05, 0) is 23.8 Å². The first-order chi connectivity index (χ1) is 8.19. The van der Waals surface area contributed by atoms with Crippen LogP contribution in [0.2, 0.25) is 0 Å². The van der Waals surface area contributed by atoms with E-state index in [4.69, 9.17) is 14.2 Å². The molecular formula is C12H18BrNO3. The van der Waals surface area contributed by atoms with Gasteiger partial charge in [0.15, 0.2) is 6.29 Å². The summed E-state index contributed by atoms with van der Waals surface area (Å²) in [6.07, 6.45) is -0.218. The molecule has 5 heteroatoms. The topological polar surface area (TPSA) is 39.7 Å². The molecule has 1 aromatic rings. The number of benzene rings is 1. The van der Waals surface area contributed by atoms with Gasteiger partial charge in [-0.2, -0.15) is 0 Å². The number of halogens is 1. The molecule has 0 unspecified atom stereocenters. The van der Waals surface area contributed by atoms with Crippen LogP contribution in [0.25, 0.3) is 0 Å². The van der Waals surface area contributed by atoms with Crippen molar-refractivity contribution in [1.29, 1.82) is 0 Å². The maximum absolute atomic E-state index is 5.20. The number of hydrogen-bond donors (Lipinski definition) is 1. The van der Waals surface area contributed by atoms with Gasteiger partial charge in [-0.3, -0.25) is 0 Å². The fraction of sp³-hybridized carbons (Fsp3) is 0.500. The summed E-state index contributed by atoms with van der Waals surface area (Å²) in [7, 11) is 4.90. The van der Waals surface area contributed by atoms with Crippen molar-refractivity contribution in [2.45, 2.75) is 12.8 Å². The van der Waals surface area contributed by atoms with E-state index in [-0.39, 0.29) is 6.29 Å². The summed E-state index contributed by atoms with van der Waals surface area (Å²) >= 11 is 3.44. The van der Waals surface area contributed by atoms with Crippen LogP contribution < -0.4 is 10.1 Å². The normalized spacial score (nSPS) is 10.9. The highest BCUT2D eigenvalue weighted by molar-refractivity contribution is 9.10. The van der Waals surface area contributed by atoms with Crippen LogP contribution in [0.3, 0.4) is 0 Å². The summed E-state index contributed by atoms with van der Waals surface area (Å²) < 4.78 is 16.4. The van der Waals surface area contributed by atoms with Gasteiger partial charge in [0.1, 0.15) is 5.75 Å². The number of rotatable bonds is 7. The van der Waals surface area contributed by atoms with Gasteiger partial charge in [-0.1, -0.05) is 15.9 Å². The second-order valence-electron chi connectivity index (χ2n) is 3.53. The van der Waals surface area contributed by atoms with Crippen molar-refractivity contribution in [2.75, 3.05) is 27.9 Å². The van der Waals surface area contributed by atoms with Gasteiger partial charge >= 0.3 is 0 Å². The van der Waals surface area contributed by atoms with Crippen molar-refractivity contribution in [3.8, 4) is 5.75 Å². The molecule has 0 fully saturated rings. The Morgan fingerprint density at radius 2 is 1.88 bits per heavy atom. The average Bonchev–Trinajstić information content (AvgIpc) is 2.34. The highest BCUT2D eigenvalue weighted by Gasteiger charge is 2.04. The van der Waals surface area contributed by atoms with E-state index in [0.717, 1.165) is 22.3 Å². The van der Waals surface area contributed by atoms with Gasteiger partial charge in [0.05, 0.1) is 7.11 Å². The lowest BCUT2D eigenvalue weighted by atomic mass is 10.2. The van der Waals surface area contributed by atoms with Crippen molar-refractivity contribution in [3.05, 3.63) is 28.2 Å². The maximum atomic E-state index is 5.20. The Bertz CT molecular complexity index is 343. The summed E-state index contributed by atoms with van der Waals surface area (Å²) in [6, 6.07) is 5.97. The van der Waals surface area contributed by atoms with Crippen molar-refractivity contribution in [2.24, 2.45) is 0 Å². The van der Waals surface area contributed by atoms with Gasteiger partial charge in [-0.25, -0.2) is 0 Å². The molecule has 0 aliphatic rings. The third-order valence-electron chi connectivity index (χ3n) is 2.33. The molecule has 4 nitrogen and oxygen atoms in total. The SMILES string of the molecule is COc1cc(Br)cc(CNCC(OC)OC)c1. The highest BCUT2D eigenvalue weighted by Crippen LogP contribution is 2.21. The molecule has 0 radical (unpaired) electrons. The minimum absolute atomic E-state index is 0.218. The van der Waals surface area contributed by atoms with Crippen molar-refractivity contribution >= 4 is 15.9 Å². The van der Waals surface area contributed by atoms with E-state index in [0.29, 0.717) is 6.54 Å². The third-order valence-corrected chi connectivity index (χ3v) is 2.79. The smallest absolute Gasteiger partial charge is 0.169 e. The molecule has 0 saturated carbocycles. The lowest BCUT2D eigenvalue weighted by Crippen LogP contribution is -2.29. The van der Waals surface area contributed by atoms with E-state index in [1.54, 1.807) is 21.3 Å². The van der Waals surface area contributed by atoms with Crippen molar-refractivity contribution < 1.29 is 14.2 Å². The van der Waals surface area contributed by atoms with Gasteiger partial charge < -0.3 is 19.5 Å². The summed E-state index contributed by atoms with van der Waals surface area (Å²) in [4.78, 5) is 0. The van der Waals surface area contributed by atoms with Crippen LogP contribution in [0.4, 0.5) is 0 Å². The minimum atomic E-state index is -0.218. The van der Waals surface area contributed by atoms with E-state index in [2.05, 4.69) is 21.2 Å². The molecule has 0 aliphatic carbocycles. The van der Waals surface area contributed by atoms with Crippen LogP contribution in [0.5, 0.6) is 5.75 Å². The summed E-state index contributed by atoms with van der Waals surface area (Å²) in [5.41, 5.74) is 1.14. The van der Waals surface area contributed by atoms with Gasteiger partial charge in [0.25, 0.3) is 0 Å². The van der Waals surface area contributed by atoms with Crippen LogP contribution >= 0.6 is 15.9 Å². The predicted molar refractivity (Wildman–Crippen MR) is 70.2 cm³/mol. The zero-order chi connectivity index (χ0) is 12.7. The molecule has 96 valence electrons. The van der Waals surface area contributed by atoms with Gasteiger partial charge in [0, 0.05) is 31.8 Å². The first-order valence-corrected chi connectivity index (χ1v) is 6.08. The first-order valence-electron chi connectivity index (χ1n) is 5.29. The van der Waals surface area contributed by atoms with Crippen LogP contribution in [0.1, 0.15) is 5.56 Å². The van der Waals surface area contributed by atoms with E-state index in [1.807, 2.05) is 18.2 Å². The zero-order valence-corrected chi connectivity index (χ0v) is 11.9. The highest BCUT2D eigenvalue weighted by atomic mass is 79.9. The molecule has 0 aromatic heterocycles. The molecule has 17 heavy (non-hydrogen) atoms. The second-order valence-corrected chi connectivity index (χ2v) is 4.45. The third kappa shape index (κ3) is 5.04. The minimum Gasteiger partial charge on any atom is -0.497 e. The first kappa shape index (κ1) is 14.4. The summed E-state index contributed by atoms with van der Waals surface area (Å²) in [5, 5.41) is 3.26. The monoisotopic (exact) mass is 303 g/mol. The molecule has 0 heterocycles. The lowest BCUT2D eigenvalue weighted by molar-refractivity contribution is -0.0989.